The number of methoxy groups -OCH3 is 1. The zero-order valence-corrected chi connectivity index (χ0v) is 13.1. The molecule has 2 aromatic rings. The molecular formula is C15H20N2O2S. The second-order valence-corrected chi connectivity index (χ2v) is 5.87. The number of ether oxygens (including phenoxy) is 2. The number of hydrogen-bond acceptors (Lipinski definition) is 5. The Kier molecular flexibility index (Phi) is 4.98. The summed E-state index contributed by atoms with van der Waals surface area (Å²) in [6, 6.07) is 6.14. The molecule has 0 amide bonds. The van der Waals surface area contributed by atoms with E-state index >= 15 is 0 Å². The quantitative estimate of drug-likeness (QED) is 0.887. The number of aryl methyl sites for hydroxylation is 1. The third-order valence-corrected chi connectivity index (χ3v) is 4.05. The minimum atomic E-state index is 0.221. The number of benzene rings is 1. The van der Waals surface area contributed by atoms with Crippen LogP contribution in [0.3, 0.4) is 0 Å². The molecule has 1 unspecified atom stereocenters. The molecule has 5 heteroatoms. The first kappa shape index (κ1) is 14.8. The molecule has 1 heterocycles. The predicted molar refractivity (Wildman–Crippen MR) is 81.7 cm³/mol. The Labute approximate surface area is 123 Å². The summed E-state index contributed by atoms with van der Waals surface area (Å²) in [6.07, 6.45) is 1.86. The van der Waals surface area contributed by atoms with Crippen molar-refractivity contribution in [2.24, 2.45) is 0 Å². The fraction of sp³-hybridized carbons (Fsp3) is 0.400. The summed E-state index contributed by atoms with van der Waals surface area (Å²) in [6.45, 7) is 4.63. The third-order valence-electron chi connectivity index (χ3n) is 3.16. The molecule has 1 N–H and O–H groups in total. The van der Waals surface area contributed by atoms with Crippen LogP contribution in [0.25, 0.3) is 0 Å². The Bertz CT molecular complexity index is 569. The molecule has 0 aliphatic carbocycles. The lowest BCUT2D eigenvalue weighted by Gasteiger charge is -2.17. The van der Waals surface area contributed by atoms with Gasteiger partial charge >= 0.3 is 0 Å². The minimum Gasteiger partial charge on any atom is -0.497 e. The van der Waals surface area contributed by atoms with Gasteiger partial charge in [0.15, 0.2) is 0 Å². The van der Waals surface area contributed by atoms with Crippen molar-refractivity contribution in [3.8, 4) is 11.5 Å². The lowest BCUT2D eigenvalue weighted by Crippen LogP contribution is -2.13. The Hall–Kier alpha value is -1.59. The van der Waals surface area contributed by atoms with Gasteiger partial charge in [0.05, 0.1) is 17.0 Å². The van der Waals surface area contributed by atoms with E-state index in [0.717, 1.165) is 26.9 Å². The average Bonchev–Trinajstić information content (AvgIpc) is 2.89. The topological polar surface area (TPSA) is 43.4 Å². The first-order valence-electron chi connectivity index (χ1n) is 6.53. The predicted octanol–water partition coefficient (Wildman–Crippen LogP) is 3.32. The summed E-state index contributed by atoms with van der Waals surface area (Å²) in [4.78, 5) is 5.36. The molecule has 1 aromatic heterocycles. The Morgan fingerprint density at radius 3 is 2.80 bits per heavy atom. The van der Waals surface area contributed by atoms with E-state index in [2.05, 4.69) is 17.2 Å². The maximum atomic E-state index is 5.95. The van der Waals surface area contributed by atoms with Gasteiger partial charge in [0, 0.05) is 23.9 Å². The molecule has 0 saturated heterocycles. The zero-order valence-electron chi connectivity index (χ0n) is 12.3. The fourth-order valence-electron chi connectivity index (χ4n) is 1.90. The van der Waals surface area contributed by atoms with Gasteiger partial charge in [-0.3, -0.25) is 0 Å². The molecule has 0 aliphatic rings. The van der Waals surface area contributed by atoms with E-state index in [1.807, 2.05) is 38.4 Å². The molecule has 2 rings (SSSR count). The molecule has 0 saturated carbocycles. The number of nitrogens with one attached hydrogen (secondary N) is 1. The number of aromatic nitrogens is 1. The fourth-order valence-corrected chi connectivity index (χ4v) is 2.61. The first-order chi connectivity index (χ1) is 9.63. The van der Waals surface area contributed by atoms with Crippen LogP contribution in [0.2, 0.25) is 0 Å². The van der Waals surface area contributed by atoms with E-state index in [9.17, 15) is 0 Å². The maximum Gasteiger partial charge on any atom is 0.128 e. The van der Waals surface area contributed by atoms with Gasteiger partial charge in [-0.25, -0.2) is 4.98 Å². The van der Waals surface area contributed by atoms with Crippen molar-refractivity contribution in [1.82, 2.24) is 10.3 Å². The van der Waals surface area contributed by atoms with Gasteiger partial charge in [-0.2, -0.15) is 0 Å². The van der Waals surface area contributed by atoms with Gasteiger partial charge in [-0.1, -0.05) is 6.07 Å². The summed E-state index contributed by atoms with van der Waals surface area (Å²) >= 11 is 1.65. The van der Waals surface area contributed by atoms with Crippen molar-refractivity contribution in [2.45, 2.75) is 26.5 Å². The first-order valence-corrected chi connectivity index (χ1v) is 7.35. The summed E-state index contributed by atoms with van der Waals surface area (Å²) in [5.41, 5.74) is 1.12. The molecule has 0 bridgehead atoms. The van der Waals surface area contributed by atoms with Crippen molar-refractivity contribution in [1.29, 1.82) is 0 Å². The van der Waals surface area contributed by atoms with E-state index in [-0.39, 0.29) is 6.04 Å². The van der Waals surface area contributed by atoms with Crippen LogP contribution in [0.4, 0.5) is 0 Å². The zero-order chi connectivity index (χ0) is 14.5. The van der Waals surface area contributed by atoms with Crippen molar-refractivity contribution >= 4 is 11.3 Å². The van der Waals surface area contributed by atoms with Gasteiger partial charge in [-0.05, 0) is 27.0 Å². The highest BCUT2D eigenvalue weighted by Gasteiger charge is 2.12. The van der Waals surface area contributed by atoms with Crippen LogP contribution in [-0.4, -0.2) is 19.1 Å². The van der Waals surface area contributed by atoms with Crippen molar-refractivity contribution in [2.75, 3.05) is 14.2 Å². The van der Waals surface area contributed by atoms with Crippen LogP contribution in [0.5, 0.6) is 11.5 Å². The van der Waals surface area contributed by atoms with Crippen LogP contribution >= 0.6 is 11.3 Å². The van der Waals surface area contributed by atoms with Crippen molar-refractivity contribution < 1.29 is 9.47 Å². The van der Waals surface area contributed by atoms with Crippen LogP contribution in [0, 0.1) is 6.92 Å². The molecule has 0 aliphatic heterocycles. The third kappa shape index (κ3) is 3.49. The molecule has 1 aromatic carbocycles. The highest BCUT2D eigenvalue weighted by molar-refractivity contribution is 7.11. The minimum absolute atomic E-state index is 0.221. The maximum absolute atomic E-state index is 5.95. The highest BCUT2D eigenvalue weighted by atomic mass is 32.1. The smallest absolute Gasteiger partial charge is 0.128 e. The van der Waals surface area contributed by atoms with Crippen molar-refractivity contribution in [3.63, 3.8) is 0 Å². The van der Waals surface area contributed by atoms with E-state index in [1.165, 1.54) is 0 Å². The van der Waals surface area contributed by atoms with E-state index in [4.69, 9.17) is 9.47 Å². The number of nitrogens with zero attached hydrogens (tertiary/aromatic N) is 1. The SMILES string of the molecule is CNC(C)c1ccc(OC)cc1OCc1cnc(C)s1. The molecule has 20 heavy (non-hydrogen) atoms. The normalized spacial score (nSPS) is 12.2. The largest absolute Gasteiger partial charge is 0.497 e. The summed E-state index contributed by atoms with van der Waals surface area (Å²) in [5, 5.41) is 4.28. The Morgan fingerprint density at radius 2 is 2.20 bits per heavy atom. The van der Waals surface area contributed by atoms with Gasteiger partial charge < -0.3 is 14.8 Å². The number of thiazole rings is 1. The molecule has 0 fully saturated rings. The lowest BCUT2D eigenvalue weighted by molar-refractivity contribution is 0.301. The standard InChI is InChI=1S/C15H20N2O2S/c1-10(16-3)14-6-5-12(18-4)7-15(14)19-9-13-8-17-11(2)20-13/h5-8,10,16H,9H2,1-4H3. The monoisotopic (exact) mass is 292 g/mol. The number of rotatable bonds is 6. The average molecular weight is 292 g/mol. The van der Waals surface area contributed by atoms with Crippen LogP contribution < -0.4 is 14.8 Å². The second kappa shape index (κ2) is 6.72. The molecular weight excluding hydrogens is 272 g/mol. The summed E-state index contributed by atoms with van der Waals surface area (Å²) in [7, 11) is 3.60. The summed E-state index contributed by atoms with van der Waals surface area (Å²) in [5.74, 6) is 1.64. The van der Waals surface area contributed by atoms with Gasteiger partial charge in [0.1, 0.15) is 18.1 Å². The van der Waals surface area contributed by atoms with Crippen LogP contribution in [0.1, 0.15) is 28.4 Å². The Morgan fingerprint density at radius 1 is 1.40 bits per heavy atom. The van der Waals surface area contributed by atoms with Crippen LogP contribution in [-0.2, 0) is 6.61 Å². The molecule has 4 nitrogen and oxygen atoms in total. The molecule has 1 atom stereocenters. The molecule has 0 radical (unpaired) electrons. The van der Waals surface area contributed by atoms with Gasteiger partial charge in [-0.15, -0.1) is 11.3 Å². The highest BCUT2D eigenvalue weighted by Crippen LogP contribution is 2.30. The summed E-state index contributed by atoms with van der Waals surface area (Å²) < 4.78 is 11.2. The lowest BCUT2D eigenvalue weighted by atomic mass is 10.1. The second-order valence-electron chi connectivity index (χ2n) is 4.55. The van der Waals surface area contributed by atoms with E-state index in [1.54, 1.807) is 18.4 Å². The van der Waals surface area contributed by atoms with Crippen LogP contribution in [0.15, 0.2) is 24.4 Å². The molecule has 108 valence electrons. The molecule has 0 spiro atoms. The van der Waals surface area contributed by atoms with Gasteiger partial charge in [0.25, 0.3) is 0 Å². The Balaban J connectivity index is 2.18. The van der Waals surface area contributed by atoms with E-state index < -0.39 is 0 Å². The van der Waals surface area contributed by atoms with Crippen molar-refractivity contribution in [3.05, 3.63) is 39.8 Å². The number of hydrogen-bond donors (Lipinski definition) is 1. The van der Waals surface area contributed by atoms with Gasteiger partial charge in [0.2, 0.25) is 0 Å². The van der Waals surface area contributed by atoms with E-state index in [0.29, 0.717) is 6.61 Å².